The molecule has 1 N–H and O–H groups in total. The molecule has 0 aliphatic carbocycles. The van der Waals surface area contributed by atoms with Gasteiger partial charge in [0, 0.05) is 6.54 Å². The number of amides is 2. The van der Waals surface area contributed by atoms with Crippen LogP contribution in [0.3, 0.4) is 0 Å². The summed E-state index contributed by atoms with van der Waals surface area (Å²) in [5.41, 5.74) is -0.233. The molecule has 1 unspecified atom stereocenters. The van der Waals surface area contributed by atoms with Crippen molar-refractivity contribution in [3.63, 3.8) is 0 Å². The molecule has 1 aliphatic rings. The van der Waals surface area contributed by atoms with Crippen LogP contribution in [0.15, 0.2) is 0 Å². The van der Waals surface area contributed by atoms with E-state index >= 15 is 0 Å². The summed E-state index contributed by atoms with van der Waals surface area (Å²) in [5, 5.41) is 2.81. The molecule has 110 valence electrons. The fraction of sp³-hybridized carbons (Fsp3) is 0.867. The van der Waals surface area contributed by atoms with E-state index in [1.165, 1.54) is 6.42 Å². The van der Waals surface area contributed by atoms with Gasteiger partial charge in [-0.2, -0.15) is 0 Å². The number of nitrogens with one attached hydrogen (secondary N) is 1. The Kier molecular flexibility index (Phi) is 5.39. The standard InChI is InChI=1S/C15H28N2O2/c1-11(2)8-6-7-9-17-10-12(18)16-13(14(17)19)15(3,4)5/h11,13H,6-10H2,1-5H3,(H,16,18). The molecular weight excluding hydrogens is 240 g/mol. The van der Waals surface area contributed by atoms with Crippen molar-refractivity contribution in [1.29, 1.82) is 0 Å². The summed E-state index contributed by atoms with van der Waals surface area (Å²) in [5.74, 6) is 0.725. The van der Waals surface area contributed by atoms with E-state index in [0.717, 1.165) is 12.8 Å². The molecule has 0 bridgehead atoms. The average molecular weight is 268 g/mol. The van der Waals surface area contributed by atoms with Crippen LogP contribution in [0.5, 0.6) is 0 Å². The summed E-state index contributed by atoms with van der Waals surface area (Å²) < 4.78 is 0. The van der Waals surface area contributed by atoms with Gasteiger partial charge in [-0.3, -0.25) is 9.59 Å². The summed E-state index contributed by atoms with van der Waals surface area (Å²) in [6.45, 7) is 11.3. The van der Waals surface area contributed by atoms with E-state index < -0.39 is 0 Å². The summed E-state index contributed by atoms with van der Waals surface area (Å²) in [6, 6.07) is -0.390. The molecule has 1 rings (SSSR count). The first-order valence-corrected chi connectivity index (χ1v) is 7.30. The summed E-state index contributed by atoms with van der Waals surface area (Å²) in [4.78, 5) is 25.8. The van der Waals surface area contributed by atoms with Crippen molar-refractivity contribution in [3.8, 4) is 0 Å². The molecule has 1 saturated heterocycles. The lowest BCUT2D eigenvalue weighted by Crippen LogP contribution is -2.62. The molecule has 19 heavy (non-hydrogen) atoms. The smallest absolute Gasteiger partial charge is 0.246 e. The monoisotopic (exact) mass is 268 g/mol. The molecule has 1 atom stereocenters. The highest BCUT2D eigenvalue weighted by Crippen LogP contribution is 2.23. The Morgan fingerprint density at radius 2 is 1.89 bits per heavy atom. The first-order chi connectivity index (χ1) is 8.71. The molecule has 1 aliphatic heterocycles. The van der Waals surface area contributed by atoms with Crippen LogP contribution in [0, 0.1) is 11.3 Å². The SMILES string of the molecule is CC(C)CCCCN1CC(=O)NC(C(C)(C)C)C1=O. The topological polar surface area (TPSA) is 49.4 Å². The van der Waals surface area contributed by atoms with Gasteiger partial charge in [0.05, 0.1) is 6.54 Å². The van der Waals surface area contributed by atoms with Crippen LogP contribution in [-0.4, -0.2) is 35.8 Å². The predicted molar refractivity (Wildman–Crippen MR) is 76.7 cm³/mol. The third-order valence-electron chi connectivity index (χ3n) is 3.52. The van der Waals surface area contributed by atoms with Crippen LogP contribution >= 0.6 is 0 Å². The third kappa shape index (κ3) is 4.84. The molecule has 2 amide bonds. The predicted octanol–water partition coefficient (Wildman–Crippen LogP) is 2.19. The van der Waals surface area contributed by atoms with Gasteiger partial charge in [-0.1, -0.05) is 47.5 Å². The largest absolute Gasteiger partial charge is 0.342 e. The van der Waals surface area contributed by atoms with Crippen molar-refractivity contribution in [3.05, 3.63) is 0 Å². The molecule has 1 heterocycles. The fourth-order valence-electron chi connectivity index (χ4n) is 2.33. The van der Waals surface area contributed by atoms with Gasteiger partial charge < -0.3 is 10.2 Å². The number of rotatable bonds is 5. The first-order valence-electron chi connectivity index (χ1n) is 7.30. The minimum absolute atomic E-state index is 0.0385. The number of unbranched alkanes of at least 4 members (excludes halogenated alkanes) is 1. The molecule has 0 radical (unpaired) electrons. The van der Waals surface area contributed by atoms with E-state index in [1.54, 1.807) is 4.90 Å². The van der Waals surface area contributed by atoms with Crippen LogP contribution in [-0.2, 0) is 9.59 Å². The van der Waals surface area contributed by atoms with E-state index in [9.17, 15) is 9.59 Å². The minimum Gasteiger partial charge on any atom is -0.342 e. The second-order valence-corrected chi connectivity index (χ2v) is 7.02. The number of carbonyl (C=O) groups excluding carboxylic acids is 2. The number of hydrogen-bond acceptors (Lipinski definition) is 2. The van der Waals surface area contributed by atoms with Crippen molar-refractivity contribution >= 4 is 11.8 Å². The van der Waals surface area contributed by atoms with Crippen molar-refractivity contribution in [2.75, 3.05) is 13.1 Å². The van der Waals surface area contributed by atoms with Crippen molar-refractivity contribution in [2.45, 2.75) is 59.9 Å². The van der Waals surface area contributed by atoms with Crippen molar-refractivity contribution in [1.82, 2.24) is 10.2 Å². The van der Waals surface area contributed by atoms with Gasteiger partial charge in [0.15, 0.2) is 0 Å². The third-order valence-corrected chi connectivity index (χ3v) is 3.52. The lowest BCUT2D eigenvalue weighted by atomic mass is 9.84. The number of nitrogens with zero attached hydrogens (tertiary/aromatic N) is 1. The zero-order valence-corrected chi connectivity index (χ0v) is 13.0. The zero-order valence-electron chi connectivity index (χ0n) is 13.0. The number of hydrogen-bond donors (Lipinski definition) is 1. The Bertz CT molecular complexity index is 332. The van der Waals surface area contributed by atoms with Gasteiger partial charge in [0.2, 0.25) is 11.8 Å². The minimum atomic E-state index is -0.390. The Labute approximate surface area is 116 Å². The Balaban J connectivity index is 2.53. The van der Waals surface area contributed by atoms with E-state index in [1.807, 2.05) is 20.8 Å². The van der Waals surface area contributed by atoms with Crippen molar-refractivity contribution in [2.24, 2.45) is 11.3 Å². The van der Waals surface area contributed by atoms with Gasteiger partial charge >= 0.3 is 0 Å². The highest BCUT2D eigenvalue weighted by atomic mass is 16.2. The molecule has 0 aromatic heterocycles. The van der Waals surface area contributed by atoms with E-state index in [-0.39, 0.29) is 29.8 Å². The van der Waals surface area contributed by atoms with Gasteiger partial charge in [0.25, 0.3) is 0 Å². The average Bonchev–Trinajstić information content (AvgIpc) is 2.26. The first kappa shape index (κ1) is 16.0. The second kappa shape index (κ2) is 6.40. The van der Waals surface area contributed by atoms with E-state index in [0.29, 0.717) is 12.5 Å². The van der Waals surface area contributed by atoms with Gasteiger partial charge in [-0.05, 0) is 17.8 Å². The zero-order chi connectivity index (χ0) is 14.6. The maximum absolute atomic E-state index is 12.4. The molecule has 4 nitrogen and oxygen atoms in total. The molecule has 0 aromatic rings. The van der Waals surface area contributed by atoms with Crippen LogP contribution in [0.1, 0.15) is 53.9 Å². The lowest BCUT2D eigenvalue weighted by Gasteiger charge is -2.39. The summed E-state index contributed by atoms with van der Waals surface area (Å²) in [6.07, 6.45) is 3.27. The van der Waals surface area contributed by atoms with Crippen LogP contribution in [0.4, 0.5) is 0 Å². The van der Waals surface area contributed by atoms with Gasteiger partial charge in [-0.15, -0.1) is 0 Å². The molecule has 0 spiro atoms. The molecule has 0 saturated carbocycles. The summed E-state index contributed by atoms with van der Waals surface area (Å²) >= 11 is 0. The normalized spacial score (nSPS) is 20.9. The van der Waals surface area contributed by atoms with Crippen molar-refractivity contribution < 1.29 is 9.59 Å². The maximum atomic E-state index is 12.4. The van der Waals surface area contributed by atoms with Crippen LogP contribution in [0.2, 0.25) is 0 Å². The van der Waals surface area contributed by atoms with E-state index in [2.05, 4.69) is 19.2 Å². The second-order valence-electron chi connectivity index (χ2n) is 7.02. The van der Waals surface area contributed by atoms with Gasteiger partial charge in [-0.25, -0.2) is 0 Å². The highest BCUT2D eigenvalue weighted by Gasteiger charge is 2.39. The quantitative estimate of drug-likeness (QED) is 0.777. The van der Waals surface area contributed by atoms with Crippen LogP contribution < -0.4 is 5.32 Å². The summed E-state index contributed by atoms with van der Waals surface area (Å²) in [7, 11) is 0. The molecular formula is C15H28N2O2. The fourth-order valence-corrected chi connectivity index (χ4v) is 2.33. The Hall–Kier alpha value is -1.06. The molecule has 1 fully saturated rings. The molecule has 0 aromatic carbocycles. The number of carbonyl (C=O) groups is 2. The van der Waals surface area contributed by atoms with Gasteiger partial charge in [0.1, 0.15) is 6.04 Å². The Morgan fingerprint density at radius 1 is 1.26 bits per heavy atom. The Morgan fingerprint density at radius 3 is 2.42 bits per heavy atom. The highest BCUT2D eigenvalue weighted by molar-refractivity contribution is 5.95. The lowest BCUT2D eigenvalue weighted by molar-refractivity contribution is -0.147. The molecule has 4 heteroatoms. The maximum Gasteiger partial charge on any atom is 0.246 e. The number of piperazine rings is 1. The van der Waals surface area contributed by atoms with E-state index in [4.69, 9.17) is 0 Å². The van der Waals surface area contributed by atoms with Crippen LogP contribution in [0.25, 0.3) is 0 Å².